The molecule has 3 atom stereocenters. The molecule has 3 unspecified atom stereocenters. The topological polar surface area (TPSA) is 12.0 Å². The molecule has 1 N–H and O–H groups in total. The van der Waals surface area contributed by atoms with Gasteiger partial charge in [0.05, 0.1) is 0 Å². The van der Waals surface area contributed by atoms with Crippen LogP contribution in [0.25, 0.3) is 0 Å². The molecule has 1 aromatic carbocycles. The molecule has 0 spiro atoms. The lowest BCUT2D eigenvalue weighted by Gasteiger charge is -2.23. The van der Waals surface area contributed by atoms with E-state index in [9.17, 15) is 0 Å². The average Bonchev–Trinajstić information content (AvgIpc) is 2.89. The molecule has 1 aliphatic heterocycles. The van der Waals surface area contributed by atoms with Gasteiger partial charge in [0.15, 0.2) is 0 Å². The molecule has 1 fully saturated rings. The molecule has 3 rings (SSSR count). The van der Waals surface area contributed by atoms with Crippen LogP contribution in [0.2, 0.25) is 0 Å². The fourth-order valence-electron chi connectivity index (χ4n) is 2.97. The predicted octanol–water partition coefficient (Wildman–Crippen LogP) is 3.02. The van der Waals surface area contributed by atoms with Gasteiger partial charge in [-0.3, -0.25) is 0 Å². The maximum absolute atomic E-state index is 3.86. The second-order valence-corrected chi connectivity index (χ2v) is 6.23. The lowest BCUT2D eigenvalue weighted by atomic mass is 10.0. The lowest BCUT2D eigenvalue weighted by molar-refractivity contribution is 0.378. The third-order valence-corrected chi connectivity index (χ3v) is 5.01. The van der Waals surface area contributed by atoms with Gasteiger partial charge in [-0.05, 0) is 35.6 Å². The highest BCUT2D eigenvalue weighted by Crippen LogP contribution is 2.36. The zero-order valence-electron chi connectivity index (χ0n) is 9.78. The van der Waals surface area contributed by atoms with Gasteiger partial charge in [-0.25, -0.2) is 0 Å². The van der Waals surface area contributed by atoms with Gasteiger partial charge < -0.3 is 5.32 Å². The van der Waals surface area contributed by atoms with Gasteiger partial charge in [0.25, 0.3) is 0 Å². The van der Waals surface area contributed by atoms with Crippen LogP contribution in [0, 0.1) is 5.92 Å². The molecule has 0 saturated carbocycles. The van der Waals surface area contributed by atoms with E-state index >= 15 is 0 Å². The Hall–Kier alpha value is -0.470. The average molecular weight is 233 g/mol. The summed E-state index contributed by atoms with van der Waals surface area (Å²) >= 11 is 2.09. The van der Waals surface area contributed by atoms with E-state index in [0.717, 1.165) is 12.0 Å². The standard InChI is InChI=1S/C14H19NS/c1-10-8-11-4-2-3-5-13(11)14(10)15-12-6-7-16-9-12/h2-5,10,12,14-15H,6-9H2,1H3. The first-order chi connectivity index (χ1) is 7.84. The van der Waals surface area contributed by atoms with Crippen LogP contribution in [0.1, 0.15) is 30.5 Å². The molecular formula is C14H19NS. The minimum atomic E-state index is 0.597. The summed E-state index contributed by atoms with van der Waals surface area (Å²) in [4.78, 5) is 0. The summed E-state index contributed by atoms with van der Waals surface area (Å²) in [5.74, 6) is 3.38. The van der Waals surface area contributed by atoms with Crippen LogP contribution in [-0.4, -0.2) is 17.5 Å². The number of hydrogen-bond donors (Lipinski definition) is 1. The fraction of sp³-hybridized carbons (Fsp3) is 0.571. The maximum Gasteiger partial charge on any atom is 0.0354 e. The Bertz CT molecular complexity index is 371. The molecule has 86 valence electrons. The molecule has 1 aliphatic carbocycles. The van der Waals surface area contributed by atoms with E-state index in [2.05, 4.69) is 48.3 Å². The molecule has 0 amide bonds. The lowest BCUT2D eigenvalue weighted by Crippen LogP contribution is -2.34. The number of benzene rings is 1. The number of fused-ring (bicyclic) bond motifs is 1. The highest BCUT2D eigenvalue weighted by Gasteiger charge is 2.31. The maximum atomic E-state index is 3.86. The van der Waals surface area contributed by atoms with Crippen LogP contribution >= 0.6 is 11.8 Å². The second kappa shape index (κ2) is 4.42. The van der Waals surface area contributed by atoms with E-state index in [1.807, 2.05) is 0 Å². The van der Waals surface area contributed by atoms with Crippen LogP contribution in [0.5, 0.6) is 0 Å². The van der Waals surface area contributed by atoms with Crippen LogP contribution in [0.15, 0.2) is 24.3 Å². The summed E-state index contributed by atoms with van der Waals surface area (Å²) < 4.78 is 0. The molecule has 0 radical (unpaired) electrons. The highest BCUT2D eigenvalue weighted by atomic mass is 32.2. The first kappa shape index (κ1) is 10.7. The summed E-state index contributed by atoms with van der Waals surface area (Å²) in [6.45, 7) is 2.37. The Morgan fingerprint density at radius 3 is 3.00 bits per heavy atom. The van der Waals surface area contributed by atoms with Crippen LogP contribution in [-0.2, 0) is 6.42 Å². The van der Waals surface area contributed by atoms with Crippen molar-refractivity contribution in [3.63, 3.8) is 0 Å². The fourth-order valence-corrected chi connectivity index (χ4v) is 4.13. The minimum Gasteiger partial charge on any atom is -0.306 e. The van der Waals surface area contributed by atoms with E-state index in [4.69, 9.17) is 0 Å². The Kier molecular flexibility index (Phi) is 2.95. The smallest absolute Gasteiger partial charge is 0.0354 e. The molecule has 1 nitrogen and oxygen atoms in total. The largest absolute Gasteiger partial charge is 0.306 e. The summed E-state index contributed by atoms with van der Waals surface area (Å²) in [5.41, 5.74) is 3.10. The van der Waals surface area contributed by atoms with E-state index in [-0.39, 0.29) is 0 Å². The zero-order chi connectivity index (χ0) is 11.0. The van der Waals surface area contributed by atoms with Crippen LogP contribution in [0.4, 0.5) is 0 Å². The molecule has 1 saturated heterocycles. The van der Waals surface area contributed by atoms with E-state index < -0.39 is 0 Å². The molecule has 16 heavy (non-hydrogen) atoms. The first-order valence-electron chi connectivity index (χ1n) is 6.26. The van der Waals surface area contributed by atoms with Gasteiger partial charge >= 0.3 is 0 Å². The van der Waals surface area contributed by atoms with Crippen molar-refractivity contribution in [2.24, 2.45) is 5.92 Å². The molecule has 0 aromatic heterocycles. The van der Waals surface area contributed by atoms with Gasteiger partial charge in [-0.2, -0.15) is 11.8 Å². The van der Waals surface area contributed by atoms with Gasteiger partial charge in [0.1, 0.15) is 0 Å². The Morgan fingerprint density at radius 1 is 1.31 bits per heavy atom. The molecular weight excluding hydrogens is 214 g/mol. The molecule has 2 heteroatoms. The van der Waals surface area contributed by atoms with Gasteiger partial charge in [-0.1, -0.05) is 31.2 Å². The van der Waals surface area contributed by atoms with Crippen molar-refractivity contribution in [2.45, 2.75) is 31.8 Å². The van der Waals surface area contributed by atoms with Gasteiger partial charge in [0, 0.05) is 17.8 Å². The molecule has 1 heterocycles. The number of nitrogens with one attached hydrogen (secondary N) is 1. The quantitative estimate of drug-likeness (QED) is 0.842. The third kappa shape index (κ3) is 1.89. The van der Waals surface area contributed by atoms with Gasteiger partial charge in [0.2, 0.25) is 0 Å². The minimum absolute atomic E-state index is 0.597. The predicted molar refractivity (Wildman–Crippen MR) is 70.9 cm³/mol. The highest BCUT2D eigenvalue weighted by molar-refractivity contribution is 7.99. The first-order valence-corrected chi connectivity index (χ1v) is 7.41. The molecule has 0 bridgehead atoms. The molecule has 1 aromatic rings. The van der Waals surface area contributed by atoms with Crippen molar-refractivity contribution in [1.82, 2.24) is 5.32 Å². The number of hydrogen-bond acceptors (Lipinski definition) is 2. The van der Waals surface area contributed by atoms with Crippen molar-refractivity contribution in [3.05, 3.63) is 35.4 Å². The van der Waals surface area contributed by atoms with Crippen molar-refractivity contribution in [1.29, 1.82) is 0 Å². The molecule has 2 aliphatic rings. The monoisotopic (exact) mass is 233 g/mol. The summed E-state index contributed by atoms with van der Waals surface area (Å²) in [6.07, 6.45) is 2.59. The van der Waals surface area contributed by atoms with Crippen molar-refractivity contribution in [3.8, 4) is 0 Å². The normalized spacial score (nSPS) is 32.9. The van der Waals surface area contributed by atoms with E-state index in [1.165, 1.54) is 24.3 Å². The summed E-state index contributed by atoms with van der Waals surface area (Å²) in [6, 6.07) is 10.3. The third-order valence-electron chi connectivity index (χ3n) is 3.85. The van der Waals surface area contributed by atoms with Gasteiger partial charge in [-0.15, -0.1) is 0 Å². The van der Waals surface area contributed by atoms with Crippen LogP contribution in [0.3, 0.4) is 0 Å². The second-order valence-electron chi connectivity index (χ2n) is 5.09. The SMILES string of the molecule is CC1Cc2ccccc2C1NC1CCSC1. The van der Waals surface area contributed by atoms with E-state index in [1.54, 1.807) is 11.1 Å². The van der Waals surface area contributed by atoms with Crippen molar-refractivity contribution in [2.75, 3.05) is 11.5 Å². The Morgan fingerprint density at radius 2 is 2.19 bits per heavy atom. The number of thioether (sulfide) groups is 1. The van der Waals surface area contributed by atoms with E-state index in [0.29, 0.717) is 6.04 Å². The van der Waals surface area contributed by atoms with Crippen molar-refractivity contribution < 1.29 is 0 Å². The Balaban J connectivity index is 1.79. The van der Waals surface area contributed by atoms with Crippen LogP contribution < -0.4 is 5.32 Å². The Labute approximate surface area is 102 Å². The summed E-state index contributed by atoms with van der Waals surface area (Å²) in [7, 11) is 0. The van der Waals surface area contributed by atoms with Crippen molar-refractivity contribution >= 4 is 11.8 Å². The number of rotatable bonds is 2. The zero-order valence-corrected chi connectivity index (χ0v) is 10.6. The summed E-state index contributed by atoms with van der Waals surface area (Å²) in [5, 5.41) is 3.86.